The standard InChI is InChI=1S/C18H22O6/c1-7-11-9(22-13(7)19)6-17-10-5-8(16(2,3)4)12(17)14(20)24-18(11,17)15(21)23-10/h8-10,12,14,20H,5-6H2,1-4H3/t8-,9-,10-,12-,14+,17+,18-/m1/s1. The largest absolute Gasteiger partial charge is 0.459 e. The molecule has 4 fully saturated rings. The average molecular weight is 334 g/mol. The van der Waals surface area contributed by atoms with Gasteiger partial charge in [0.2, 0.25) is 5.60 Å². The van der Waals surface area contributed by atoms with Crippen LogP contribution < -0.4 is 0 Å². The van der Waals surface area contributed by atoms with Gasteiger partial charge in [0.15, 0.2) is 6.29 Å². The molecule has 0 amide bonds. The van der Waals surface area contributed by atoms with Gasteiger partial charge in [0.25, 0.3) is 0 Å². The Labute approximate surface area is 140 Å². The van der Waals surface area contributed by atoms with Crippen LogP contribution in [0.2, 0.25) is 0 Å². The minimum atomic E-state index is -1.34. The summed E-state index contributed by atoms with van der Waals surface area (Å²) in [4.78, 5) is 24.9. The zero-order valence-electron chi connectivity index (χ0n) is 14.3. The van der Waals surface area contributed by atoms with E-state index in [-0.39, 0.29) is 23.4 Å². The Balaban J connectivity index is 1.76. The summed E-state index contributed by atoms with van der Waals surface area (Å²) in [6.07, 6.45) is -0.530. The molecule has 3 heterocycles. The van der Waals surface area contributed by atoms with E-state index in [1.165, 1.54) is 0 Å². The summed E-state index contributed by atoms with van der Waals surface area (Å²) in [6, 6.07) is 0. The summed E-state index contributed by atoms with van der Waals surface area (Å²) in [5, 5.41) is 10.8. The number of ether oxygens (including phenoxy) is 3. The fourth-order valence-electron chi connectivity index (χ4n) is 6.34. The molecule has 5 rings (SSSR count). The summed E-state index contributed by atoms with van der Waals surface area (Å²) >= 11 is 0. The van der Waals surface area contributed by atoms with Crippen molar-refractivity contribution in [3.8, 4) is 0 Å². The van der Waals surface area contributed by atoms with Crippen molar-refractivity contribution >= 4 is 11.9 Å². The SMILES string of the molecule is CC1=C2[C@@H](C[C@@]34[C@@H]5[C@H](C(C)(C)C)C[C@H]3OC(=O)[C@]24O[C@@H]5O)OC1=O. The van der Waals surface area contributed by atoms with Crippen molar-refractivity contribution in [1.29, 1.82) is 0 Å². The van der Waals surface area contributed by atoms with Gasteiger partial charge in [-0.15, -0.1) is 0 Å². The first kappa shape index (κ1) is 14.9. The van der Waals surface area contributed by atoms with E-state index in [1.807, 2.05) is 0 Å². The number of fused-ring (bicyclic) bond motifs is 1. The molecule has 130 valence electrons. The quantitative estimate of drug-likeness (QED) is 0.673. The lowest BCUT2D eigenvalue weighted by atomic mass is 9.64. The number of hydrogen-bond acceptors (Lipinski definition) is 6. The number of carbonyl (C=O) groups is 2. The molecule has 1 spiro atoms. The van der Waals surface area contributed by atoms with Crippen molar-refractivity contribution in [3.63, 3.8) is 0 Å². The molecule has 0 aromatic carbocycles. The second-order valence-corrected chi connectivity index (χ2v) is 8.99. The van der Waals surface area contributed by atoms with Crippen molar-refractivity contribution in [2.75, 3.05) is 0 Å². The number of aliphatic hydroxyl groups excluding tert-OH is 1. The predicted molar refractivity (Wildman–Crippen MR) is 80.4 cm³/mol. The number of carbonyl (C=O) groups excluding carboxylic acids is 2. The molecule has 6 nitrogen and oxygen atoms in total. The average Bonchev–Trinajstić information content (AvgIpc) is 3.12. The van der Waals surface area contributed by atoms with E-state index in [1.54, 1.807) is 6.92 Å². The summed E-state index contributed by atoms with van der Waals surface area (Å²) in [5.74, 6) is -0.889. The van der Waals surface area contributed by atoms with Crippen LogP contribution >= 0.6 is 0 Å². The van der Waals surface area contributed by atoms with Crippen LogP contribution in [0.1, 0.15) is 40.5 Å². The highest BCUT2D eigenvalue weighted by molar-refractivity contribution is 5.99. The zero-order valence-corrected chi connectivity index (χ0v) is 14.3. The number of hydrogen-bond donors (Lipinski definition) is 1. The molecule has 0 radical (unpaired) electrons. The first-order chi connectivity index (χ1) is 11.1. The van der Waals surface area contributed by atoms with Gasteiger partial charge in [-0.1, -0.05) is 20.8 Å². The molecule has 0 aromatic heterocycles. The highest BCUT2D eigenvalue weighted by Crippen LogP contribution is 2.76. The molecule has 1 N–H and O–H groups in total. The third-order valence-electron chi connectivity index (χ3n) is 7.16. The maximum absolute atomic E-state index is 12.9. The van der Waals surface area contributed by atoms with Crippen LogP contribution in [0.4, 0.5) is 0 Å². The van der Waals surface area contributed by atoms with Crippen LogP contribution in [0.25, 0.3) is 0 Å². The number of rotatable bonds is 0. The maximum Gasteiger partial charge on any atom is 0.344 e. The van der Waals surface area contributed by atoms with E-state index in [4.69, 9.17) is 14.2 Å². The topological polar surface area (TPSA) is 82.1 Å². The summed E-state index contributed by atoms with van der Waals surface area (Å²) in [6.45, 7) is 8.10. The third-order valence-corrected chi connectivity index (χ3v) is 7.16. The van der Waals surface area contributed by atoms with Crippen LogP contribution in [0.5, 0.6) is 0 Å². The number of aliphatic hydroxyl groups is 1. The second-order valence-electron chi connectivity index (χ2n) is 8.99. The molecule has 7 atom stereocenters. The highest BCUT2D eigenvalue weighted by atomic mass is 16.7. The van der Waals surface area contributed by atoms with E-state index in [0.29, 0.717) is 17.6 Å². The molecule has 2 saturated carbocycles. The Hall–Kier alpha value is -1.40. The van der Waals surface area contributed by atoms with E-state index >= 15 is 0 Å². The molecule has 3 aliphatic heterocycles. The summed E-state index contributed by atoms with van der Waals surface area (Å²) in [5.41, 5.74) is -0.988. The molecule has 6 heteroatoms. The van der Waals surface area contributed by atoms with Gasteiger partial charge in [0.05, 0.1) is 5.41 Å². The van der Waals surface area contributed by atoms with Crippen LogP contribution in [0, 0.1) is 22.7 Å². The normalized spacial score (nSPS) is 51.6. The summed E-state index contributed by atoms with van der Waals surface area (Å²) in [7, 11) is 0. The van der Waals surface area contributed by atoms with Gasteiger partial charge in [-0.05, 0) is 24.7 Å². The lowest BCUT2D eigenvalue weighted by Gasteiger charge is -2.36. The second kappa shape index (κ2) is 3.88. The van der Waals surface area contributed by atoms with Crippen LogP contribution in [-0.2, 0) is 23.8 Å². The Morgan fingerprint density at radius 2 is 1.92 bits per heavy atom. The van der Waals surface area contributed by atoms with Crippen molar-refractivity contribution in [2.45, 2.75) is 64.6 Å². The Morgan fingerprint density at radius 1 is 1.21 bits per heavy atom. The van der Waals surface area contributed by atoms with Crippen LogP contribution in [-0.4, -0.2) is 41.1 Å². The van der Waals surface area contributed by atoms with E-state index in [0.717, 1.165) is 6.42 Å². The Morgan fingerprint density at radius 3 is 2.58 bits per heavy atom. The van der Waals surface area contributed by atoms with E-state index in [2.05, 4.69) is 20.8 Å². The monoisotopic (exact) mass is 334 g/mol. The minimum absolute atomic E-state index is 0.0472. The molecule has 0 bridgehead atoms. The van der Waals surface area contributed by atoms with Gasteiger partial charge in [0.1, 0.15) is 12.2 Å². The van der Waals surface area contributed by atoms with E-state index < -0.39 is 35.3 Å². The van der Waals surface area contributed by atoms with Gasteiger partial charge < -0.3 is 19.3 Å². The van der Waals surface area contributed by atoms with Crippen molar-refractivity contribution in [2.24, 2.45) is 22.7 Å². The van der Waals surface area contributed by atoms with Gasteiger partial charge in [0, 0.05) is 23.5 Å². The van der Waals surface area contributed by atoms with Gasteiger partial charge in [-0.2, -0.15) is 0 Å². The molecule has 2 aliphatic carbocycles. The van der Waals surface area contributed by atoms with Crippen molar-refractivity contribution in [1.82, 2.24) is 0 Å². The lowest BCUT2D eigenvalue weighted by molar-refractivity contribution is -0.177. The highest BCUT2D eigenvalue weighted by Gasteiger charge is 2.87. The lowest BCUT2D eigenvalue weighted by Crippen LogP contribution is -2.47. The Bertz CT molecular complexity index is 718. The van der Waals surface area contributed by atoms with Gasteiger partial charge in [-0.25, -0.2) is 9.59 Å². The van der Waals surface area contributed by atoms with Crippen LogP contribution in [0.3, 0.4) is 0 Å². The molecular formula is C18H22O6. The zero-order chi connectivity index (χ0) is 17.2. The maximum atomic E-state index is 12.9. The smallest absolute Gasteiger partial charge is 0.344 e. The fraction of sp³-hybridized carbons (Fsp3) is 0.778. The molecule has 5 aliphatic rings. The van der Waals surface area contributed by atoms with Crippen LogP contribution in [0.15, 0.2) is 11.1 Å². The molecule has 24 heavy (non-hydrogen) atoms. The van der Waals surface area contributed by atoms with Gasteiger partial charge in [-0.3, -0.25) is 0 Å². The number of esters is 2. The van der Waals surface area contributed by atoms with E-state index in [9.17, 15) is 14.7 Å². The Kier molecular flexibility index (Phi) is 2.41. The first-order valence-corrected chi connectivity index (χ1v) is 8.64. The van der Waals surface area contributed by atoms with Crippen molar-refractivity contribution < 1.29 is 28.9 Å². The van der Waals surface area contributed by atoms with Crippen molar-refractivity contribution in [3.05, 3.63) is 11.1 Å². The third kappa shape index (κ3) is 1.25. The summed E-state index contributed by atoms with van der Waals surface area (Å²) < 4.78 is 17.2. The molecular weight excluding hydrogens is 312 g/mol. The minimum Gasteiger partial charge on any atom is -0.459 e. The van der Waals surface area contributed by atoms with Gasteiger partial charge >= 0.3 is 11.9 Å². The first-order valence-electron chi connectivity index (χ1n) is 8.64. The fourth-order valence-corrected chi connectivity index (χ4v) is 6.34. The molecule has 2 saturated heterocycles. The molecule has 0 aromatic rings. The molecule has 0 unspecified atom stereocenters. The predicted octanol–water partition coefficient (Wildman–Crippen LogP) is 1.31.